The van der Waals surface area contributed by atoms with Gasteiger partial charge in [-0.2, -0.15) is 0 Å². The Morgan fingerprint density at radius 2 is 2.32 bits per heavy atom. The van der Waals surface area contributed by atoms with Crippen molar-refractivity contribution in [2.24, 2.45) is 0 Å². The van der Waals surface area contributed by atoms with Gasteiger partial charge in [0.25, 0.3) is 5.56 Å². The van der Waals surface area contributed by atoms with E-state index >= 15 is 0 Å². The van der Waals surface area contributed by atoms with Crippen molar-refractivity contribution in [3.63, 3.8) is 0 Å². The van der Waals surface area contributed by atoms with Crippen LogP contribution in [0, 0.1) is 13.8 Å². The van der Waals surface area contributed by atoms with Crippen molar-refractivity contribution in [3.8, 4) is 0 Å². The van der Waals surface area contributed by atoms with Gasteiger partial charge >= 0.3 is 0 Å². The molecular formula is C17H23N3O3S2. The zero-order chi connectivity index (χ0) is 18.0. The zero-order valence-electron chi connectivity index (χ0n) is 14.7. The molecule has 1 aliphatic heterocycles. The normalized spacial score (nSPS) is 18.6. The molecule has 0 aromatic carbocycles. The van der Waals surface area contributed by atoms with Crippen LogP contribution in [0.5, 0.6) is 0 Å². The van der Waals surface area contributed by atoms with Crippen molar-refractivity contribution in [3.05, 3.63) is 26.6 Å². The molecule has 1 amide bonds. The first-order valence-corrected chi connectivity index (χ1v) is 10.3. The molecule has 1 aliphatic rings. The molecule has 1 fully saturated rings. The Bertz CT molecular complexity index is 824. The third-order valence-electron chi connectivity index (χ3n) is 4.46. The number of aromatic nitrogens is 2. The summed E-state index contributed by atoms with van der Waals surface area (Å²) in [7, 11) is 0. The number of nitrogens with zero attached hydrogens (tertiary/aromatic N) is 1. The summed E-state index contributed by atoms with van der Waals surface area (Å²) in [6.07, 6.45) is 2.22. The van der Waals surface area contributed by atoms with Gasteiger partial charge < -0.3 is 15.0 Å². The predicted molar refractivity (Wildman–Crippen MR) is 102 cm³/mol. The van der Waals surface area contributed by atoms with Crippen LogP contribution >= 0.6 is 23.1 Å². The van der Waals surface area contributed by atoms with Crippen LogP contribution in [0.4, 0.5) is 0 Å². The van der Waals surface area contributed by atoms with Gasteiger partial charge in [0.15, 0.2) is 0 Å². The van der Waals surface area contributed by atoms with E-state index in [1.807, 2.05) is 20.8 Å². The fourth-order valence-electron chi connectivity index (χ4n) is 2.81. The molecule has 3 heterocycles. The third-order valence-corrected chi connectivity index (χ3v) is 6.71. The SMILES string of the molecule is Cc1sc2nc(CSC(C)C(=O)NCC3CCCO3)[nH]c(=O)c2c1C. The molecule has 2 aromatic heterocycles. The van der Waals surface area contributed by atoms with Gasteiger partial charge in [0.2, 0.25) is 5.91 Å². The fourth-order valence-corrected chi connectivity index (χ4v) is 4.64. The van der Waals surface area contributed by atoms with Crippen molar-refractivity contribution in [2.45, 2.75) is 50.7 Å². The average molecular weight is 382 g/mol. The van der Waals surface area contributed by atoms with Crippen LogP contribution in [0.15, 0.2) is 4.79 Å². The Morgan fingerprint density at radius 1 is 1.52 bits per heavy atom. The number of aromatic amines is 1. The van der Waals surface area contributed by atoms with Crippen molar-refractivity contribution in [2.75, 3.05) is 13.2 Å². The number of carbonyl (C=O) groups excluding carboxylic acids is 1. The molecule has 2 N–H and O–H groups in total. The van der Waals surface area contributed by atoms with Gasteiger partial charge in [0, 0.05) is 18.0 Å². The Hall–Kier alpha value is -1.38. The molecule has 6 nitrogen and oxygen atoms in total. The smallest absolute Gasteiger partial charge is 0.259 e. The fraction of sp³-hybridized carbons (Fsp3) is 0.588. The summed E-state index contributed by atoms with van der Waals surface area (Å²) < 4.78 is 5.51. The summed E-state index contributed by atoms with van der Waals surface area (Å²) >= 11 is 3.00. The maximum atomic E-state index is 12.3. The quantitative estimate of drug-likeness (QED) is 0.803. The number of rotatable bonds is 6. The van der Waals surface area contributed by atoms with Gasteiger partial charge in [0.1, 0.15) is 10.7 Å². The number of aryl methyl sites for hydroxylation is 2. The van der Waals surface area contributed by atoms with Crippen LogP contribution in [-0.4, -0.2) is 40.4 Å². The van der Waals surface area contributed by atoms with E-state index in [4.69, 9.17) is 4.74 Å². The number of hydrogen-bond acceptors (Lipinski definition) is 6. The highest BCUT2D eigenvalue weighted by Crippen LogP contribution is 2.26. The Balaban J connectivity index is 1.58. The number of thioether (sulfide) groups is 1. The summed E-state index contributed by atoms with van der Waals surface area (Å²) in [6.45, 7) is 7.16. The first kappa shape index (κ1) is 18.4. The summed E-state index contributed by atoms with van der Waals surface area (Å²) in [5, 5.41) is 3.40. The van der Waals surface area contributed by atoms with Crippen molar-refractivity contribution >= 4 is 39.2 Å². The molecule has 25 heavy (non-hydrogen) atoms. The maximum absolute atomic E-state index is 12.3. The van der Waals surface area contributed by atoms with Crippen molar-refractivity contribution in [1.82, 2.24) is 15.3 Å². The standard InChI is InChI=1S/C17H23N3O3S2/c1-9-10(2)25-17-14(9)16(22)19-13(20-17)8-24-11(3)15(21)18-7-12-5-4-6-23-12/h11-12H,4-8H2,1-3H3,(H,18,21)(H,19,20,22). The summed E-state index contributed by atoms with van der Waals surface area (Å²) in [5.41, 5.74) is 0.896. The third kappa shape index (κ3) is 4.24. The van der Waals surface area contributed by atoms with Crippen molar-refractivity contribution in [1.29, 1.82) is 0 Å². The first-order chi connectivity index (χ1) is 12.0. The van der Waals surface area contributed by atoms with E-state index in [-0.39, 0.29) is 22.8 Å². The number of hydrogen-bond donors (Lipinski definition) is 2. The molecule has 2 unspecified atom stereocenters. The Kier molecular flexibility index (Phi) is 5.81. The first-order valence-electron chi connectivity index (χ1n) is 8.45. The van der Waals surface area contributed by atoms with E-state index < -0.39 is 0 Å². The second-order valence-electron chi connectivity index (χ2n) is 6.31. The van der Waals surface area contributed by atoms with E-state index in [0.29, 0.717) is 23.5 Å². The van der Waals surface area contributed by atoms with Crippen LogP contribution in [-0.2, 0) is 15.3 Å². The van der Waals surface area contributed by atoms with Gasteiger partial charge in [-0.15, -0.1) is 23.1 Å². The molecule has 8 heteroatoms. The number of ether oxygens (including phenoxy) is 1. The molecule has 0 aliphatic carbocycles. The lowest BCUT2D eigenvalue weighted by atomic mass is 10.2. The summed E-state index contributed by atoms with van der Waals surface area (Å²) in [5.74, 6) is 1.10. The molecule has 1 saturated heterocycles. The predicted octanol–water partition coefficient (Wildman–Crippen LogP) is 2.52. The minimum absolute atomic E-state index is 0.00765. The lowest BCUT2D eigenvalue weighted by Crippen LogP contribution is -2.36. The highest BCUT2D eigenvalue weighted by Gasteiger charge is 2.19. The number of carbonyl (C=O) groups is 1. The maximum Gasteiger partial charge on any atom is 0.259 e. The molecule has 0 bridgehead atoms. The van der Waals surface area contributed by atoms with E-state index in [9.17, 15) is 9.59 Å². The monoisotopic (exact) mass is 381 g/mol. The second-order valence-corrected chi connectivity index (χ2v) is 8.84. The van der Waals surface area contributed by atoms with Crippen LogP contribution in [0.2, 0.25) is 0 Å². The van der Waals surface area contributed by atoms with Crippen LogP contribution in [0.3, 0.4) is 0 Å². The van der Waals surface area contributed by atoms with Crippen LogP contribution in [0.25, 0.3) is 10.2 Å². The Morgan fingerprint density at radius 3 is 3.04 bits per heavy atom. The van der Waals surface area contributed by atoms with Crippen LogP contribution < -0.4 is 10.9 Å². The van der Waals surface area contributed by atoms with E-state index in [1.54, 1.807) is 0 Å². The van der Waals surface area contributed by atoms with Crippen LogP contribution in [0.1, 0.15) is 36.0 Å². The highest BCUT2D eigenvalue weighted by molar-refractivity contribution is 7.99. The van der Waals surface area contributed by atoms with Gasteiger partial charge in [-0.05, 0) is 39.2 Å². The largest absolute Gasteiger partial charge is 0.376 e. The molecule has 2 aromatic rings. The van der Waals surface area contributed by atoms with E-state index in [1.165, 1.54) is 23.1 Å². The molecule has 2 atom stereocenters. The Labute approximate surface area is 154 Å². The van der Waals surface area contributed by atoms with Gasteiger partial charge in [-0.3, -0.25) is 9.59 Å². The number of fused-ring (bicyclic) bond motifs is 1. The van der Waals surface area contributed by atoms with Gasteiger partial charge in [-0.25, -0.2) is 4.98 Å². The number of H-pyrrole nitrogens is 1. The molecule has 0 saturated carbocycles. The minimum atomic E-state index is -0.214. The molecule has 3 rings (SSSR count). The summed E-state index contributed by atoms with van der Waals surface area (Å²) in [4.78, 5) is 33.7. The van der Waals surface area contributed by atoms with Gasteiger partial charge in [0.05, 0.1) is 22.5 Å². The average Bonchev–Trinajstić information content (AvgIpc) is 3.19. The lowest BCUT2D eigenvalue weighted by Gasteiger charge is -2.14. The molecule has 0 spiro atoms. The topological polar surface area (TPSA) is 84.1 Å². The lowest BCUT2D eigenvalue weighted by molar-refractivity contribution is -0.120. The molecular weight excluding hydrogens is 358 g/mol. The van der Waals surface area contributed by atoms with Gasteiger partial charge in [-0.1, -0.05) is 0 Å². The second kappa shape index (κ2) is 7.88. The molecule has 136 valence electrons. The number of thiophene rings is 1. The summed E-state index contributed by atoms with van der Waals surface area (Å²) in [6, 6.07) is 0. The van der Waals surface area contributed by atoms with Crippen molar-refractivity contribution < 1.29 is 9.53 Å². The highest BCUT2D eigenvalue weighted by atomic mass is 32.2. The minimum Gasteiger partial charge on any atom is -0.376 e. The number of amides is 1. The zero-order valence-corrected chi connectivity index (χ0v) is 16.3. The number of nitrogens with one attached hydrogen (secondary N) is 2. The van der Waals surface area contributed by atoms with E-state index in [2.05, 4.69) is 15.3 Å². The molecule has 0 radical (unpaired) electrons. The van der Waals surface area contributed by atoms with E-state index in [0.717, 1.165) is 34.7 Å².